The van der Waals surface area contributed by atoms with E-state index < -0.39 is 0 Å². The minimum absolute atomic E-state index is 0.683. The first-order valence-electron chi connectivity index (χ1n) is 10.2. The standard InChI is InChI=1S/C21H24N6O2S/c1-14-19(29-12-22-14)20-24-25-21(26(20)2)30-9-3-6-27-7-4-15-10-17-18(28-13-23-17)11-16(15)5-8-27/h10-13H,3-9H2,1-2H3. The van der Waals surface area contributed by atoms with Gasteiger partial charge in [-0.05, 0) is 56.0 Å². The molecule has 0 bridgehead atoms. The van der Waals surface area contributed by atoms with Gasteiger partial charge >= 0.3 is 0 Å². The van der Waals surface area contributed by atoms with Crippen LogP contribution in [-0.4, -0.2) is 55.0 Å². The van der Waals surface area contributed by atoms with Gasteiger partial charge in [0.05, 0.1) is 5.69 Å². The van der Waals surface area contributed by atoms with Crippen LogP contribution in [0.3, 0.4) is 0 Å². The van der Waals surface area contributed by atoms with Crippen molar-refractivity contribution in [3.8, 4) is 11.6 Å². The molecule has 8 nitrogen and oxygen atoms in total. The molecule has 0 radical (unpaired) electrons. The molecule has 1 aromatic carbocycles. The molecule has 3 aromatic heterocycles. The van der Waals surface area contributed by atoms with Gasteiger partial charge in [0.25, 0.3) is 0 Å². The van der Waals surface area contributed by atoms with Crippen molar-refractivity contribution in [2.75, 3.05) is 25.4 Å². The Morgan fingerprint density at radius 3 is 2.63 bits per heavy atom. The Labute approximate surface area is 178 Å². The number of benzene rings is 1. The average molecular weight is 425 g/mol. The molecule has 0 unspecified atom stereocenters. The molecule has 0 saturated carbocycles. The first kappa shape index (κ1) is 19.3. The third kappa shape index (κ3) is 3.75. The summed E-state index contributed by atoms with van der Waals surface area (Å²) >= 11 is 1.73. The molecule has 1 aliphatic rings. The maximum absolute atomic E-state index is 5.46. The van der Waals surface area contributed by atoms with Crippen LogP contribution in [0.2, 0.25) is 0 Å². The molecule has 4 aromatic rings. The van der Waals surface area contributed by atoms with Gasteiger partial charge in [-0.15, -0.1) is 10.2 Å². The molecule has 4 heterocycles. The van der Waals surface area contributed by atoms with E-state index in [1.165, 1.54) is 23.9 Å². The van der Waals surface area contributed by atoms with Crippen molar-refractivity contribution in [3.05, 3.63) is 41.7 Å². The summed E-state index contributed by atoms with van der Waals surface area (Å²) in [5.74, 6) is 2.41. The summed E-state index contributed by atoms with van der Waals surface area (Å²) in [4.78, 5) is 11.0. The van der Waals surface area contributed by atoms with Crippen LogP contribution in [0.25, 0.3) is 22.7 Å². The Morgan fingerprint density at radius 1 is 1.03 bits per heavy atom. The number of thioether (sulfide) groups is 1. The summed E-state index contributed by atoms with van der Waals surface area (Å²) in [5, 5.41) is 9.50. The first-order chi connectivity index (χ1) is 14.7. The van der Waals surface area contributed by atoms with E-state index in [9.17, 15) is 0 Å². The van der Waals surface area contributed by atoms with Crippen molar-refractivity contribution in [2.24, 2.45) is 7.05 Å². The molecule has 1 aliphatic heterocycles. The zero-order valence-corrected chi connectivity index (χ0v) is 18.0. The third-order valence-corrected chi connectivity index (χ3v) is 6.79. The highest BCUT2D eigenvalue weighted by Crippen LogP contribution is 2.26. The third-order valence-electron chi connectivity index (χ3n) is 5.68. The second-order valence-electron chi connectivity index (χ2n) is 7.62. The van der Waals surface area contributed by atoms with Gasteiger partial charge in [0.15, 0.2) is 29.3 Å². The fourth-order valence-electron chi connectivity index (χ4n) is 3.95. The maximum Gasteiger partial charge on any atom is 0.202 e. The van der Waals surface area contributed by atoms with Gasteiger partial charge in [-0.1, -0.05) is 11.8 Å². The number of fused-ring (bicyclic) bond motifs is 2. The van der Waals surface area contributed by atoms with E-state index >= 15 is 0 Å². The van der Waals surface area contributed by atoms with E-state index in [-0.39, 0.29) is 0 Å². The number of hydrogen-bond acceptors (Lipinski definition) is 8. The molecule has 0 aliphatic carbocycles. The number of nitrogens with zero attached hydrogens (tertiary/aromatic N) is 6. The zero-order valence-electron chi connectivity index (χ0n) is 17.2. The van der Waals surface area contributed by atoms with Gasteiger partial charge < -0.3 is 18.3 Å². The summed E-state index contributed by atoms with van der Waals surface area (Å²) in [6, 6.07) is 4.36. The Kier molecular flexibility index (Phi) is 5.30. The molecule has 0 spiro atoms. The van der Waals surface area contributed by atoms with Crippen LogP contribution in [0.15, 0.2) is 38.9 Å². The van der Waals surface area contributed by atoms with Crippen LogP contribution < -0.4 is 0 Å². The fourth-order valence-corrected chi connectivity index (χ4v) is 4.79. The highest BCUT2D eigenvalue weighted by Gasteiger charge is 2.18. The fraction of sp³-hybridized carbons (Fsp3) is 0.429. The minimum Gasteiger partial charge on any atom is -0.443 e. The van der Waals surface area contributed by atoms with E-state index in [1.54, 1.807) is 11.8 Å². The van der Waals surface area contributed by atoms with Gasteiger partial charge in [-0.2, -0.15) is 0 Å². The lowest BCUT2D eigenvalue weighted by molar-refractivity contribution is 0.289. The van der Waals surface area contributed by atoms with Gasteiger partial charge in [-0.25, -0.2) is 9.97 Å². The molecular formula is C21H24N6O2S. The second-order valence-corrected chi connectivity index (χ2v) is 8.68. The summed E-state index contributed by atoms with van der Waals surface area (Å²) in [6.45, 7) is 5.16. The number of hydrogen-bond donors (Lipinski definition) is 0. The Hall–Kier alpha value is -2.65. The number of aromatic nitrogens is 5. The smallest absolute Gasteiger partial charge is 0.202 e. The van der Waals surface area contributed by atoms with Crippen molar-refractivity contribution >= 4 is 22.9 Å². The molecule has 0 atom stereocenters. The van der Waals surface area contributed by atoms with Crippen molar-refractivity contribution in [1.82, 2.24) is 29.6 Å². The minimum atomic E-state index is 0.683. The Morgan fingerprint density at radius 2 is 1.83 bits per heavy atom. The molecular weight excluding hydrogens is 400 g/mol. The molecule has 5 rings (SSSR count). The molecule has 9 heteroatoms. The van der Waals surface area contributed by atoms with Crippen LogP contribution in [0, 0.1) is 6.92 Å². The molecule has 0 fully saturated rings. The largest absolute Gasteiger partial charge is 0.443 e. The summed E-state index contributed by atoms with van der Waals surface area (Å²) < 4.78 is 12.9. The first-order valence-corrected chi connectivity index (χ1v) is 11.2. The van der Waals surface area contributed by atoms with Crippen LogP contribution >= 0.6 is 11.8 Å². The normalized spacial score (nSPS) is 14.9. The second kappa shape index (κ2) is 8.23. The van der Waals surface area contributed by atoms with Crippen molar-refractivity contribution in [1.29, 1.82) is 0 Å². The van der Waals surface area contributed by atoms with Crippen molar-refractivity contribution in [3.63, 3.8) is 0 Å². The number of rotatable bonds is 6. The van der Waals surface area contributed by atoms with E-state index in [1.807, 2.05) is 18.5 Å². The zero-order chi connectivity index (χ0) is 20.5. The van der Waals surface area contributed by atoms with Crippen LogP contribution in [0.1, 0.15) is 23.2 Å². The molecule has 30 heavy (non-hydrogen) atoms. The van der Waals surface area contributed by atoms with E-state index in [0.717, 1.165) is 72.4 Å². The highest BCUT2D eigenvalue weighted by molar-refractivity contribution is 7.99. The lowest BCUT2D eigenvalue weighted by atomic mass is 10.0. The van der Waals surface area contributed by atoms with Gasteiger partial charge in [-0.3, -0.25) is 0 Å². The Balaban J connectivity index is 1.13. The summed E-state index contributed by atoms with van der Waals surface area (Å²) in [6.07, 6.45) is 6.20. The number of oxazole rings is 2. The molecule has 0 N–H and O–H groups in total. The topological polar surface area (TPSA) is 86.0 Å². The number of aryl methyl sites for hydroxylation is 1. The lowest BCUT2D eigenvalue weighted by Crippen LogP contribution is -2.27. The van der Waals surface area contributed by atoms with Gasteiger partial charge in [0.1, 0.15) is 5.52 Å². The lowest BCUT2D eigenvalue weighted by Gasteiger charge is -2.19. The highest BCUT2D eigenvalue weighted by atomic mass is 32.2. The predicted molar refractivity (Wildman–Crippen MR) is 114 cm³/mol. The molecule has 0 amide bonds. The van der Waals surface area contributed by atoms with E-state index in [2.05, 4.69) is 37.2 Å². The van der Waals surface area contributed by atoms with E-state index in [0.29, 0.717) is 5.76 Å². The Bertz CT molecular complexity index is 1120. The van der Waals surface area contributed by atoms with Crippen LogP contribution in [-0.2, 0) is 19.9 Å². The van der Waals surface area contributed by atoms with Crippen molar-refractivity contribution < 1.29 is 8.83 Å². The maximum atomic E-state index is 5.46. The molecule has 156 valence electrons. The quantitative estimate of drug-likeness (QED) is 0.343. The summed E-state index contributed by atoms with van der Waals surface area (Å²) in [5.41, 5.74) is 5.48. The van der Waals surface area contributed by atoms with Gasteiger partial charge in [0, 0.05) is 25.9 Å². The summed E-state index contributed by atoms with van der Waals surface area (Å²) in [7, 11) is 1.97. The predicted octanol–water partition coefficient (Wildman–Crippen LogP) is 3.50. The average Bonchev–Trinajstić information content (AvgIpc) is 3.43. The molecule has 0 saturated heterocycles. The van der Waals surface area contributed by atoms with Gasteiger partial charge in [0.2, 0.25) is 5.82 Å². The SMILES string of the molecule is Cc1ncoc1-c1nnc(SCCCN2CCc3cc4ncoc4cc3CC2)n1C. The van der Waals surface area contributed by atoms with Crippen LogP contribution in [0.5, 0.6) is 0 Å². The van der Waals surface area contributed by atoms with Crippen LogP contribution in [0.4, 0.5) is 0 Å². The monoisotopic (exact) mass is 424 g/mol. The van der Waals surface area contributed by atoms with E-state index in [4.69, 9.17) is 8.83 Å². The van der Waals surface area contributed by atoms with Crippen molar-refractivity contribution in [2.45, 2.75) is 31.3 Å².